The molecule has 35 heavy (non-hydrogen) atoms. The van der Waals surface area contributed by atoms with Crippen molar-refractivity contribution in [1.82, 2.24) is 25.2 Å². The molecule has 2 unspecified atom stereocenters. The number of carbonyl (C=O) groups is 2. The van der Waals surface area contributed by atoms with E-state index in [-0.39, 0.29) is 23.8 Å². The molecular weight excluding hydrogens is 442 g/mol. The Morgan fingerprint density at radius 3 is 2.74 bits per heavy atom. The van der Waals surface area contributed by atoms with Gasteiger partial charge in [-0.3, -0.25) is 9.59 Å². The van der Waals surface area contributed by atoms with E-state index in [1.807, 2.05) is 37.8 Å². The van der Waals surface area contributed by atoms with Gasteiger partial charge in [-0.15, -0.1) is 0 Å². The quantitative estimate of drug-likeness (QED) is 0.538. The molecule has 2 atom stereocenters. The van der Waals surface area contributed by atoms with Crippen molar-refractivity contribution in [3.63, 3.8) is 0 Å². The van der Waals surface area contributed by atoms with Crippen molar-refractivity contribution in [2.75, 3.05) is 19.7 Å². The monoisotopic (exact) mass is 475 g/mol. The van der Waals surface area contributed by atoms with E-state index in [2.05, 4.69) is 33.3 Å². The number of likely N-dealkylation sites (tertiary alicyclic amines) is 1. The lowest BCUT2D eigenvalue weighted by Gasteiger charge is -2.17. The fourth-order valence-electron chi connectivity index (χ4n) is 4.87. The van der Waals surface area contributed by atoms with Crippen LogP contribution >= 0.6 is 0 Å². The number of nitrogens with zero attached hydrogens (tertiary/aromatic N) is 3. The van der Waals surface area contributed by atoms with Crippen molar-refractivity contribution in [3.8, 4) is 17.0 Å². The highest BCUT2D eigenvalue weighted by Gasteiger charge is 2.34. The van der Waals surface area contributed by atoms with Crippen molar-refractivity contribution in [3.05, 3.63) is 41.3 Å². The van der Waals surface area contributed by atoms with Crippen LogP contribution in [0.15, 0.2) is 24.5 Å². The average molecular weight is 476 g/mol. The maximum atomic E-state index is 13.4. The summed E-state index contributed by atoms with van der Waals surface area (Å²) in [4.78, 5) is 39.8. The van der Waals surface area contributed by atoms with Crippen molar-refractivity contribution in [1.29, 1.82) is 0 Å². The Morgan fingerprint density at radius 2 is 2.00 bits per heavy atom. The second-order valence-electron chi connectivity index (χ2n) is 10.0. The molecule has 1 aliphatic heterocycles. The first-order valence-corrected chi connectivity index (χ1v) is 12.5. The lowest BCUT2D eigenvalue weighted by atomic mass is 10.0. The van der Waals surface area contributed by atoms with E-state index in [4.69, 9.17) is 4.74 Å². The molecule has 8 heteroatoms. The number of aromatic amines is 1. The number of ether oxygens (including phenoxy) is 1. The van der Waals surface area contributed by atoms with Crippen LogP contribution < -0.4 is 10.1 Å². The molecule has 0 radical (unpaired) electrons. The number of hydrogen-bond donors (Lipinski definition) is 2. The molecule has 8 nitrogen and oxygen atoms in total. The van der Waals surface area contributed by atoms with Crippen molar-refractivity contribution < 1.29 is 14.3 Å². The van der Waals surface area contributed by atoms with Gasteiger partial charge < -0.3 is 19.9 Å². The van der Waals surface area contributed by atoms with Gasteiger partial charge >= 0.3 is 0 Å². The van der Waals surface area contributed by atoms with Crippen LogP contribution in [0.5, 0.6) is 5.75 Å². The Hall–Kier alpha value is -3.42. The molecule has 2 fully saturated rings. The minimum Gasteiger partial charge on any atom is -0.493 e. The van der Waals surface area contributed by atoms with Gasteiger partial charge in [0.1, 0.15) is 23.3 Å². The standard InChI is InChI=1S/C27H33N5O3/c1-5-22(33)32-11-16(3)20(12-32)31-27(34)23-17(4)30-26-24(28-14-29-25(23)26)19-10-15(2)6-9-21(19)35-13-18-7-8-18/h6,9-10,14,16,18,20,30H,5,7-8,11-13H2,1-4H3,(H,31,34). The van der Waals surface area contributed by atoms with Crippen LogP contribution in [0.2, 0.25) is 0 Å². The van der Waals surface area contributed by atoms with Crippen LogP contribution in [0.25, 0.3) is 22.3 Å². The van der Waals surface area contributed by atoms with E-state index < -0.39 is 0 Å². The number of fused-ring (bicyclic) bond motifs is 1. The lowest BCUT2D eigenvalue weighted by Crippen LogP contribution is -2.40. The first kappa shape index (κ1) is 23.3. The van der Waals surface area contributed by atoms with Gasteiger partial charge in [-0.05, 0) is 50.7 Å². The minimum absolute atomic E-state index is 0.0946. The van der Waals surface area contributed by atoms with E-state index in [0.29, 0.717) is 43.1 Å². The summed E-state index contributed by atoms with van der Waals surface area (Å²) in [6.45, 7) is 9.75. The average Bonchev–Trinajstić information content (AvgIpc) is 3.51. The second kappa shape index (κ2) is 9.32. The maximum absolute atomic E-state index is 13.4. The van der Waals surface area contributed by atoms with E-state index in [1.165, 1.54) is 19.2 Å². The van der Waals surface area contributed by atoms with Crippen LogP contribution in [0.1, 0.15) is 54.7 Å². The molecule has 0 spiro atoms. The summed E-state index contributed by atoms with van der Waals surface area (Å²) in [5.74, 6) is 1.55. The van der Waals surface area contributed by atoms with Gasteiger partial charge in [-0.1, -0.05) is 25.5 Å². The van der Waals surface area contributed by atoms with Gasteiger partial charge in [0.15, 0.2) is 0 Å². The van der Waals surface area contributed by atoms with Crippen LogP contribution in [-0.4, -0.2) is 57.4 Å². The van der Waals surface area contributed by atoms with E-state index in [0.717, 1.165) is 33.8 Å². The Morgan fingerprint density at radius 1 is 1.20 bits per heavy atom. The molecule has 2 aromatic heterocycles. The summed E-state index contributed by atoms with van der Waals surface area (Å²) in [5.41, 5.74) is 5.29. The summed E-state index contributed by atoms with van der Waals surface area (Å²) >= 11 is 0. The SMILES string of the molecule is CCC(=O)N1CC(C)C(NC(=O)c2c(C)[nH]c3c(-c4cc(C)ccc4OCC4CC4)ncnc23)C1. The Kier molecular flexibility index (Phi) is 6.21. The normalized spacial score (nSPS) is 19.8. The number of benzene rings is 1. The van der Waals surface area contributed by atoms with Crippen LogP contribution in [0.4, 0.5) is 0 Å². The second-order valence-corrected chi connectivity index (χ2v) is 10.0. The zero-order chi connectivity index (χ0) is 24.7. The number of amides is 2. The molecule has 3 heterocycles. The molecule has 0 bridgehead atoms. The molecule has 1 saturated heterocycles. The van der Waals surface area contributed by atoms with Crippen molar-refractivity contribution in [2.24, 2.45) is 11.8 Å². The van der Waals surface area contributed by atoms with Gasteiger partial charge in [0, 0.05) is 30.8 Å². The number of carbonyl (C=O) groups excluding carboxylic acids is 2. The van der Waals surface area contributed by atoms with Crippen LogP contribution in [0.3, 0.4) is 0 Å². The molecule has 2 amide bonds. The molecule has 2 N–H and O–H groups in total. The molecule has 1 aromatic carbocycles. The van der Waals surface area contributed by atoms with E-state index in [1.54, 1.807) is 0 Å². The zero-order valence-electron chi connectivity index (χ0n) is 20.9. The highest BCUT2D eigenvalue weighted by molar-refractivity contribution is 6.09. The fraction of sp³-hybridized carbons (Fsp3) is 0.481. The molecule has 2 aliphatic rings. The third-order valence-electron chi connectivity index (χ3n) is 7.14. The van der Waals surface area contributed by atoms with Gasteiger partial charge in [-0.2, -0.15) is 0 Å². The number of rotatable bonds is 7. The molecule has 1 saturated carbocycles. The minimum atomic E-state index is -0.185. The van der Waals surface area contributed by atoms with Crippen molar-refractivity contribution in [2.45, 2.75) is 53.0 Å². The summed E-state index contributed by atoms with van der Waals surface area (Å²) in [6, 6.07) is 6.01. The third kappa shape index (κ3) is 4.61. The van der Waals surface area contributed by atoms with Gasteiger partial charge in [0.05, 0.1) is 23.7 Å². The molecule has 5 rings (SSSR count). The Balaban J connectivity index is 1.46. The number of hydrogen-bond acceptors (Lipinski definition) is 5. The molecule has 184 valence electrons. The topological polar surface area (TPSA) is 100 Å². The number of H-pyrrole nitrogens is 1. The third-order valence-corrected chi connectivity index (χ3v) is 7.14. The molecule has 3 aromatic rings. The first-order chi connectivity index (χ1) is 16.9. The lowest BCUT2D eigenvalue weighted by molar-refractivity contribution is -0.129. The van der Waals surface area contributed by atoms with E-state index >= 15 is 0 Å². The zero-order valence-corrected chi connectivity index (χ0v) is 20.9. The number of aromatic nitrogens is 3. The highest BCUT2D eigenvalue weighted by atomic mass is 16.5. The van der Waals surface area contributed by atoms with Gasteiger partial charge in [0.2, 0.25) is 5.91 Å². The predicted molar refractivity (Wildman–Crippen MR) is 134 cm³/mol. The molecular formula is C27H33N5O3. The predicted octanol–water partition coefficient (Wildman–Crippen LogP) is 4.02. The summed E-state index contributed by atoms with van der Waals surface area (Å²) in [6.07, 6.45) is 4.42. The highest BCUT2D eigenvalue weighted by Crippen LogP contribution is 2.37. The van der Waals surface area contributed by atoms with Gasteiger partial charge in [-0.25, -0.2) is 9.97 Å². The maximum Gasteiger partial charge on any atom is 0.255 e. The fourth-order valence-corrected chi connectivity index (χ4v) is 4.87. The smallest absolute Gasteiger partial charge is 0.255 e. The molecule has 1 aliphatic carbocycles. The Labute approximate surface area is 205 Å². The van der Waals surface area contributed by atoms with Crippen molar-refractivity contribution >= 4 is 22.8 Å². The summed E-state index contributed by atoms with van der Waals surface area (Å²) in [5, 5.41) is 3.15. The van der Waals surface area contributed by atoms with Crippen LogP contribution in [-0.2, 0) is 4.79 Å². The van der Waals surface area contributed by atoms with E-state index in [9.17, 15) is 9.59 Å². The van der Waals surface area contributed by atoms with Gasteiger partial charge in [0.25, 0.3) is 5.91 Å². The first-order valence-electron chi connectivity index (χ1n) is 12.5. The number of aryl methyl sites for hydroxylation is 2. The largest absolute Gasteiger partial charge is 0.493 e. The van der Waals surface area contributed by atoms with Crippen LogP contribution in [0, 0.1) is 25.7 Å². The summed E-state index contributed by atoms with van der Waals surface area (Å²) < 4.78 is 6.16. The summed E-state index contributed by atoms with van der Waals surface area (Å²) in [7, 11) is 0. The number of nitrogens with one attached hydrogen (secondary N) is 2. The Bertz CT molecular complexity index is 1280.